The van der Waals surface area contributed by atoms with Gasteiger partial charge in [0.15, 0.2) is 0 Å². The van der Waals surface area contributed by atoms with Crippen molar-refractivity contribution in [3.8, 4) is 5.75 Å². The van der Waals surface area contributed by atoms with Gasteiger partial charge in [0.1, 0.15) is 5.75 Å². The van der Waals surface area contributed by atoms with Crippen LogP contribution in [0.5, 0.6) is 5.75 Å². The monoisotopic (exact) mass is 235 g/mol. The van der Waals surface area contributed by atoms with Crippen molar-refractivity contribution >= 4 is 0 Å². The average molecular weight is 235 g/mol. The fourth-order valence-electron chi connectivity index (χ4n) is 2.02. The summed E-state index contributed by atoms with van der Waals surface area (Å²) >= 11 is 0. The molecule has 2 atom stereocenters. The summed E-state index contributed by atoms with van der Waals surface area (Å²) in [5.74, 6) is 2.12. The van der Waals surface area contributed by atoms with Crippen molar-refractivity contribution in [1.29, 1.82) is 0 Å². The smallest absolute Gasteiger partial charge is 0.123 e. The first kappa shape index (κ1) is 14.0. The van der Waals surface area contributed by atoms with Crippen LogP contribution in [0.15, 0.2) is 24.3 Å². The van der Waals surface area contributed by atoms with Crippen molar-refractivity contribution in [3.05, 3.63) is 29.8 Å². The zero-order valence-electron chi connectivity index (χ0n) is 11.7. The van der Waals surface area contributed by atoms with Gasteiger partial charge in [0.2, 0.25) is 0 Å². The summed E-state index contributed by atoms with van der Waals surface area (Å²) in [6.45, 7) is 9.70. The van der Waals surface area contributed by atoms with E-state index in [1.54, 1.807) is 0 Å². The second-order valence-electron chi connectivity index (χ2n) is 5.03. The summed E-state index contributed by atoms with van der Waals surface area (Å²) < 4.78 is 5.87. The number of benzene rings is 1. The van der Waals surface area contributed by atoms with E-state index in [0.29, 0.717) is 11.8 Å². The summed E-state index contributed by atoms with van der Waals surface area (Å²) in [4.78, 5) is 0. The summed E-state index contributed by atoms with van der Waals surface area (Å²) in [6, 6.07) is 8.37. The molecule has 1 N–H and O–H groups in total. The average Bonchev–Trinajstić information content (AvgIpc) is 2.28. The number of para-hydroxylation sites is 1. The van der Waals surface area contributed by atoms with Crippen LogP contribution in [0.4, 0.5) is 0 Å². The summed E-state index contributed by atoms with van der Waals surface area (Å²) in [5, 5.41) is 3.24. The lowest BCUT2D eigenvalue weighted by Crippen LogP contribution is -2.21. The zero-order chi connectivity index (χ0) is 12.8. The van der Waals surface area contributed by atoms with Crippen LogP contribution in [0.3, 0.4) is 0 Å². The van der Waals surface area contributed by atoms with Crippen molar-refractivity contribution < 1.29 is 4.74 Å². The summed E-state index contributed by atoms with van der Waals surface area (Å²) in [6.07, 6.45) is 0.225. The van der Waals surface area contributed by atoms with E-state index < -0.39 is 0 Å². The van der Waals surface area contributed by atoms with Crippen LogP contribution in [0.2, 0.25) is 0 Å². The SMILES string of the molecule is CNCC(C)C(C)c1ccccc1OC(C)C. The second kappa shape index (κ2) is 6.65. The first-order valence-electron chi connectivity index (χ1n) is 6.46. The van der Waals surface area contributed by atoms with E-state index in [1.807, 2.05) is 13.1 Å². The van der Waals surface area contributed by atoms with Crippen molar-refractivity contribution in [3.63, 3.8) is 0 Å². The van der Waals surface area contributed by atoms with E-state index in [2.05, 4.69) is 51.2 Å². The number of hydrogen-bond donors (Lipinski definition) is 1. The van der Waals surface area contributed by atoms with Gasteiger partial charge in [-0.15, -0.1) is 0 Å². The molecule has 1 rings (SSSR count). The van der Waals surface area contributed by atoms with Gasteiger partial charge < -0.3 is 10.1 Å². The van der Waals surface area contributed by atoms with Gasteiger partial charge in [-0.05, 0) is 50.9 Å². The molecule has 1 aromatic rings. The summed E-state index contributed by atoms with van der Waals surface area (Å²) in [5.41, 5.74) is 1.31. The summed E-state index contributed by atoms with van der Waals surface area (Å²) in [7, 11) is 2.00. The molecule has 96 valence electrons. The Bertz CT molecular complexity index is 335. The highest BCUT2D eigenvalue weighted by atomic mass is 16.5. The molecule has 17 heavy (non-hydrogen) atoms. The topological polar surface area (TPSA) is 21.3 Å². The van der Waals surface area contributed by atoms with Crippen LogP contribution in [-0.4, -0.2) is 19.7 Å². The van der Waals surface area contributed by atoms with Crippen LogP contribution in [0.1, 0.15) is 39.2 Å². The molecular formula is C15H25NO. The van der Waals surface area contributed by atoms with Crippen molar-refractivity contribution in [1.82, 2.24) is 5.32 Å². The largest absolute Gasteiger partial charge is 0.491 e. The van der Waals surface area contributed by atoms with Gasteiger partial charge in [-0.1, -0.05) is 32.0 Å². The fourth-order valence-corrected chi connectivity index (χ4v) is 2.02. The van der Waals surface area contributed by atoms with Gasteiger partial charge in [-0.2, -0.15) is 0 Å². The Morgan fingerprint density at radius 1 is 1.12 bits per heavy atom. The Balaban J connectivity index is 2.88. The van der Waals surface area contributed by atoms with Crippen LogP contribution in [-0.2, 0) is 0 Å². The van der Waals surface area contributed by atoms with Crippen LogP contribution in [0.25, 0.3) is 0 Å². The third-order valence-electron chi connectivity index (χ3n) is 3.15. The van der Waals surface area contributed by atoms with Gasteiger partial charge in [0.05, 0.1) is 6.10 Å². The molecule has 0 aliphatic heterocycles. The van der Waals surface area contributed by atoms with Gasteiger partial charge in [-0.25, -0.2) is 0 Å². The first-order valence-corrected chi connectivity index (χ1v) is 6.46. The molecule has 0 aliphatic carbocycles. The highest BCUT2D eigenvalue weighted by Crippen LogP contribution is 2.31. The maximum absolute atomic E-state index is 5.87. The molecule has 0 bridgehead atoms. The predicted molar refractivity (Wildman–Crippen MR) is 73.7 cm³/mol. The molecule has 2 unspecified atom stereocenters. The Kier molecular flexibility index (Phi) is 5.49. The molecule has 1 aromatic carbocycles. The minimum Gasteiger partial charge on any atom is -0.491 e. The Morgan fingerprint density at radius 2 is 1.76 bits per heavy atom. The number of nitrogens with one attached hydrogen (secondary N) is 1. The lowest BCUT2D eigenvalue weighted by Gasteiger charge is -2.23. The molecule has 0 fully saturated rings. The maximum atomic E-state index is 5.87. The molecule has 0 amide bonds. The molecule has 0 saturated carbocycles. The quantitative estimate of drug-likeness (QED) is 0.815. The van der Waals surface area contributed by atoms with Gasteiger partial charge in [-0.3, -0.25) is 0 Å². The Hall–Kier alpha value is -1.02. The molecule has 0 radical (unpaired) electrons. The van der Waals surface area contributed by atoms with Crippen LogP contribution >= 0.6 is 0 Å². The number of hydrogen-bond acceptors (Lipinski definition) is 2. The molecule has 0 aromatic heterocycles. The van der Waals surface area contributed by atoms with Crippen molar-refractivity contribution in [2.75, 3.05) is 13.6 Å². The second-order valence-corrected chi connectivity index (χ2v) is 5.03. The minimum atomic E-state index is 0.225. The predicted octanol–water partition coefficient (Wildman–Crippen LogP) is 3.43. The van der Waals surface area contributed by atoms with E-state index >= 15 is 0 Å². The van der Waals surface area contributed by atoms with E-state index in [4.69, 9.17) is 4.74 Å². The van der Waals surface area contributed by atoms with Crippen LogP contribution < -0.4 is 10.1 Å². The van der Waals surface area contributed by atoms with E-state index in [1.165, 1.54) is 5.56 Å². The molecule has 0 heterocycles. The Labute approximate surface area is 105 Å². The van der Waals surface area contributed by atoms with Gasteiger partial charge in [0, 0.05) is 0 Å². The minimum absolute atomic E-state index is 0.225. The molecule has 0 saturated heterocycles. The molecule has 0 aliphatic rings. The van der Waals surface area contributed by atoms with Crippen molar-refractivity contribution in [2.24, 2.45) is 5.92 Å². The number of rotatable bonds is 6. The van der Waals surface area contributed by atoms with Gasteiger partial charge >= 0.3 is 0 Å². The van der Waals surface area contributed by atoms with Gasteiger partial charge in [0.25, 0.3) is 0 Å². The van der Waals surface area contributed by atoms with E-state index in [0.717, 1.165) is 12.3 Å². The first-order chi connectivity index (χ1) is 8.06. The maximum Gasteiger partial charge on any atom is 0.123 e. The molecular weight excluding hydrogens is 210 g/mol. The highest BCUT2D eigenvalue weighted by molar-refractivity contribution is 5.36. The van der Waals surface area contributed by atoms with E-state index in [-0.39, 0.29) is 6.10 Å². The van der Waals surface area contributed by atoms with E-state index in [9.17, 15) is 0 Å². The Morgan fingerprint density at radius 3 is 2.35 bits per heavy atom. The lowest BCUT2D eigenvalue weighted by molar-refractivity contribution is 0.237. The molecule has 2 nitrogen and oxygen atoms in total. The molecule has 2 heteroatoms. The third kappa shape index (κ3) is 4.04. The lowest BCUT2D eigenvalue weighted by atomic mass is 9.88. The number of ether oxygens (including phenoxy) is 1. The third-order valence-corrected chi connectivity index (χ3v) is 3.15. The van der Waals surface area contributed by atoms with Crippen molar-refractivity contribution in [2.45, 2.75) is 39.7 Å². The fraction of sp³-hybridized carbons (Fsp3) is 0.600. The standard InChI is InChI=1S/C15H25NO/c1-11(2)17-15-9-7-6-8-14(15)13(4)12(3)10-16-5/h6-9,11-13,16H,10H2,1-5H3. The highest BCUT2D eigenvalue weighted by Gasteiger charge is 2.17. The normalized spacial score (nSPS) is 14.7. The zero-order valence-corrected chi connectivity index (χ0v) is 11.7. The van der Waals surface area contributed by atoms with Crippen LogP contribution in [0, 0.1) is 5.92 Å². The molecule has 0 spiro atoms.